The van der Waals surface area contributed by atoms with Gasteiger partial charge in [-0.25, -0.2) is 4.98 Å². The summed E-state index contributed by atoms with van der Waals surface area (Å²) in [4.78, 5) is 4.22. The number of aliphatic hydroxyl groups is 1. The SMILES string of the molecule is O/C=C/Nc1ccc(OCC2CCCCC2)nc1. The van der Waals surface area contributed by atoms with E-state index in [-0.39, 0.29) is 0 Å². The maximum atomic E-state index is 8.52. The zero-order valence-corrected chi connectivity index (χ0v) is 10.5. The van der Waals surface area contributed by atoms with Crippen molar-refractivity contribution in [3.05, 3.63) is 30.8 Å². The Hall–Kier alpha value is -1.71. The maximum absolute atomic E-state index is 8.52. The molecule has 0 aliphatic heterocycles. The normalized spacial score (nSPS) is 16.9. The van der Waals surface area contributed by atoms with Crippen LogP contribution in [0.2, 0.25) is 0 Å². The number of nitrogens with zero attached hydrogens (tertiary/aromatic N) is 1. The minimum absolute atomic E-state index is 0.666. The zero-order chi connectivity index (χ0) is 12.6. The zero-order valence-electron chi connectivity index (χ0n) is 10.5. The van der Waals surface area contributed by atoms with Gasteiger partial charge in [-0.1, -0.05) is 19.3 Å². The van der Waals surface area contributed by atoms with Gasteiger partial charge < -0.3 is 15.2 Å². The number of aliphatic hydroxyl groups excluding tert-OH is 1. The first-order valence-electron chi connectivity index (χ1n) is 6.53. The van der Waals surface area contributed by atoms with Crippen LogP contribution in [0.3, 0.4) is 0 Å². The van der Waals surface area contributed by atoms with E-state index in [1.807, 2.05) is 12.1 Å². The van der Waals surface area contributed by atoms with Gasteiger partial charge in [0, 0.05) is 12.3 Å². The van der Waals surface area contributed by atoms with E-state index in [4.69, 9.17) is 9.84 Å². The van der Waals surface area contributed by atoms with E-state index in [1.54, 1.807) is 6.20 Å². The van der Waals surface area contributed by atoms with Crippen molar-refractivity contribution in [2.24, 2.45) is 5.92 Å². The fourth-order valence-electron chi connectivity index (χ4n) is 2.24. The maximum Gasteiger partial charge on any atom is 0.213 e. The summed E-state index contributed by atoms with van der Waals surface area (Å²) in [6.07, 6.45) is 10.7. The van der Waals surface area contributed by atoms with Crippen LogP contribution in [0.1, 0.15) is 32.1 Å². The molecule has 0 aromatic carbocycles. The number of rotatable bonds is 5. The van der Waals surface area contributed by atoms with E-state index in [1.165, 1.54) is 38.3 Å². The molecule has 0 spiro atoms. The van der Waals surface area contributed by atoms with Crippen LogP contribution >= 0.6 is 0 Å². The Morgan fingerprint density at radius 2 is 2.17 bits per heavy atom. The Balaban J connectivity index is 1.78. The molecule has 4 heteroatoms. The molecule has 1 aliphatic rings. The number of ether oxygens (including phenoxy) is 1. The van der Waals surface area contributed by atoms with Gasteiger partial charge in [-0.3, -0.25) is 0 Å². The van der Waals surface area contributed by atoms with Crippen LogP contribution in [0.4, 0.5) is 5.69 Å². The van der Waals surface area contributed by atoms with E-state index in [2.05, 4.69) is 10.3 Å². The summed E-state index contributed by atoms with van der Waals surface area (Å²) < 4.78 is 5.70. The molecule has 0 saturated heterocycles. The van der Waals surface area contributed by atoms with Crippen molar-refractivity contribution >= 4 is 5.69 Å². The van der Waals surface area contributed by atoms with Crippen molar-refractivity contribution in [3.8, 4) is 5.88 Å². The van der Waals surface area contributed by atoms with Crippen molar-refractivity contribution in [2.75, 3.05) is 11.9 Å². The molecule has 1 saturated carbocycles. The van der Waals surface area contributed by atoms with E-state index < -0.39 is 0 Å². The Bertz CT molecular complexity index is 370. The molecule has 1 aromatic rings. The Labute approximate surface area is 108 Å². The first-order chi connectivity index (χ1) is 8.88. The molecule has 2 N–H and O–H groups in total. The lowest BCUT2D eigenvalue weighted by Crippen LogP contribution is -2.15. The summed E-state index contributed by atoms with van der Waals surface area (Å²) in [7, 11) is 0. The molecule has 0 atom stereocenters. The molecular formula is C14H20N2O2. The number of aromatic nitrogens is 1. The second-order valence-electron chi connectivity index (χ2n) is 4.66. The molecule has 0 unspecified atom stereocenters. The first-order valence-corrected chi connectivity index (χ1v) is 6.53. The molecule has 1 heterocycles. The second kappa shape index (κ2) is 6.89. The van der Waals surface area contributed by atoms with Gasteiger partial charge in [-0.2, -0.15) is 0 Å². The van der Waals surface area contributed by atoms with E-state index >= 15 is 0 Å². The highest BCUT2D eigenvalue weighted by Crippen LogP contribution is 2.24. The summed E-state index contributed by atoms with van der Waals surface area (Å²) >= 11 is 0. The molecule has 1 fully saturated rings. The van der Waals surface area contributed by atoms with Gasteiger partial charge in [0.1, 0.15) is 0 Å². The van der Waals surface area contributed by atoms with Gasteiger partial charge in [-0.05, 0) is 24.8 Å². The Kier molecular flexibility index (Phi) is 4.88. The van der Waals surface area contributed by atoms with Gasteiger partial charge in [0.15, 0.2) is 0 Å². The van der Waals surface area contributed by atoms with E-state index in [9.17, 15) is 0 Å². The third-order valence-electron chi connectivity index (χ3n) is 3.25. The summed E-state index contributed by atoms with van der Waals surface area (Å²) in [5.74, 6) is 1.36. The van der Waals surface area contributed by atoms with Crippen LogP contribution < -0.4 is 10.1 Å². The van der Waals surface area contributed by atoms with Crippen LogP contribution in [-0.4, -0.2) is 16.7 Å². The second-order valence-corrected chi connectivity index (χ2v) is 4.66. The van der Waals surface area contributed by atoms with Gasteiger partial charge in [-0.15, -0.1) is 0 Å². The van der Waals surface area contributed by atoms with Crippen molar-refractivity contribution in [1.29, 1.82) is 0 Å². The molecule has 18 heavy (non-hydrogen) atoms. The molecule has 0 bridgehead atoms. The molecule has 1 aliphatic carbocycles. The third kappa shape index (κ3) is 3.95. The predicted octanol–water partition coefficient (Wildman–Crippen LogP) is 3.48. The standard InChI is InChI=1S/C14H20N2O2/c17-9-8-15-13-6-7-14(16-10-13)18-11-12-4-2-1-3-5-12/h6-10,12,15,17H,1-5,11H2/b9-8+. The highest BCUT2D eigenvalue weighted by atomic mass is 16.5. The number of hydrogen-bond donors (Lipinski definition) is 2. The molecule has 2 rings (SSSR count). The van der Waals surface area contributed by atoms with E-state index in [0.29, 0.717) is 11.8 Å². The molecule has 1 aromatic heterocycles. The quantitative estimate of drug-likeness (QED) is 0.783. The topological polar surface area (TPSA) is 54.4 Å². The van der Waals surface area contributed by atoms with Crippen molar-refractivity contribution in [2.45, 2.75) is 32.1 Å². The van der Waals surface area contributed by atoms with Crippen LogP contribution in [0.15, 0.2) is 30.8 Å². The molecule has 0 amide bonds. The van der Waals surface area contributed by atoms with E-state index in [0.717, 1.165) is 18.6 Å². The largest absolute Gasteiger partial charge is 0.514 e. The monoisotopic (exact) mass is 248 g/mol. The molecule has 98 valence electrons. The number of anilines is 1. The summed E-state index contributed by atoms with van der Waals surface area (Å²) in [5, 5.41) is 11.4. The number of hydrogen-bond acceptors (Lipinski definition) is 4. The summed E-state index contributed by atoms with van der Waals surface area (Å²) in [6.45, 7) is 0.774. The smallest absolute Gasteiger partial charge is 0.213 e. The highest BCUT2D eigenvalue weighted by molar-refractivity contribution is 5.44. The minimum atomic E-state index is 0.666. The van der Waals surface area contributed by atoms with Crippen molar-refractivity contribution in [1.82, 2.24) is 4.98 Å². The van der Waals surface area contributed by atoms with Gasteiger partial charge in [0.25, 0.3) is 0 Å². The summed E-state index contributed by atoms with van der Waals surface area (Å²) in [6, 6.07) is 3.72. The summed E-state index contributed by atoms with van der Waals surface area (Å²) in [5.41, 5.74) is 0.824. The average molecular weight is 248 g/mol. The van der Waals surface area contributed by atoms with Gasteiger partial charge in [0.2, 0.25) is 5.88 Å². The first kappa shape index (κ1) is 12.7. The van der Waals surface area contributed by atoms with Crippen LogP contribution in [0.5, 0.6) is 5.88 Å². The minimum Gasteiger partial charge on any atom is -0.514 e. The lowest BCUT2D eigenvalue weighted by molar-refractivity contribution is 0.203. The molecule has 0 radical (unpaired) electrons. The highest BCUT2D eigenvalue weighted by Gasteiger charge is 2.13. The average Bonchev–Trinajstić information content (AvgIpc) is 2.45. The molecule has 4 nitrogen and oxygen atoms in total. The molecular weight excluding hydrogens is 228 g/mol. The van der Waals surface area contributed by atoms with Crippen molar-refractivity contribution < 1.29 is 9.84 Å². The fraction of sp³-hybridized carbons (Fsp3) is 0.500. The lowest BCUT2D eigenvalue weighted by atomic mass is 9.90. The van der Waals surface area contributed by atoms with Gasteiger partial charge >= 0.3 is 0 Å². The Morgan fingerprint density at radius 3 is 2.83 bits per heavy atom. The predicted molar refractivity (Wildman–Crippen MR) is 71.7 cm³/mol. The van der Waals surface area contributed by atoms with Crippen LogP contribution in [0, 0.1) is 5.92 Å². The van der Waals surface area contributed by atoms with Crippen LogP contribution in [-0.2, 0) is 0 Å². The van der Waals surface area contributed by atoms with Crippen molar-refractivity contribution in [3.63, 3.8) is 0 Å². The lowest BCUT2D eigenvalue weighted by Gasteiger charge is -2.21. The van der Waals surface area contributed by atoms with Gasteiger partial charge in [0.05, 0.1) is 24.8 Å². The number of nitrogens with one attached hydrogen (secondary N) is 1. The third-order valence-corrected chi connectivity index (χ3v) is 3.25. The Morgan fingerprint density at radius 1 is 1.33 bits per heavy atom. The van der Waals surface area contributed by atoms with Crippen LogP contribution in [0.25, 0.3) is 0 Å². The number of pyridine rings is 1. The fourth-order valence-corrected chi connectivity index (χ4v) is 2.24.